The van der Waals surface area contributed by atoms with E-state index in [4.69, 9.17) is 19.4 Å². The molecule has 2 aliphatic heterocycles. The Morgan fingerprint density at radius 2 is 0.864 bits per heavy atom. The lowest BCUT2D eigenvalue weighted by Gasteiger charge is -2.65. The molecule has 6 aromatic carbocycles. The summed E-state index contributed by atoms with van der Waals surface area (Å²) >= 11 is 0. The van der Waals surface area contributed by atoms with Gasteiger partial charge in [0, 0.05) is 19.8 Å². The third kappa shape index (κ3) is 40.7. The summed E-state index contributed by atoms with van der Waals surface area (Å²) in [4.78, 5) is 20.2. The number of ether oxygens (including phenoxy) is 2. The molecule has 11 unspecified atom stereocenters. The first kappa shape index (κ1) is 110. The lowest BCUT2D eigenvalue weighted by molar-refractivity contribution is -0.163. The maximum absolute atomic E-state index is 11.2. The van der Waals surface area contributed by atoms with Gasteiger partial charge in [-0.25, -0.2) is 0 Å². The minimum Gasteiger partial charge on any atom is -0.493 e. The second kappa shape index (κ2) is 68.7. The number of aryl methyl sites for hydroxylation is 3. The Kier molecular flexibility index (Phi) is 69.0. The molecule has 0 aromatic heterocycles. The van der Waals surface area contributed by atoms with Gasteiger partial charge in [-0.3, -0.25) is 9.59 Å². The van der Waals surface area contributed by atoms with Crippen molar-refractivity contribution in [3.63, 3.8) is 0 Å². The van der Waals surface area contributed by atoms with Crippen LogP contribution in [0.4, 0.5) is 0 Å². The van der Waals surface area contributed by atoms with Crippen LogP contribution in [0.1, 0.15) is 351 Å². The largest absolute Gasteiger partial charge is 0.493 e. The summed E-state index contributed by atoms with van der Waals surface area (Å²) in [6.45, 7) is 64.9. The first-order valence-electron chi connectivity index (χ1n) is 45.6. The highest BCUT2D eigenvalue weighted by atomic mass is 16.5. The molecule has 0 saturated heterocycles. The summed E-state index contributed by atoms with van der Waals surface area (Å²) in [5.74, 6) is 9.24. The zero-order valence-corrected chi connectivity index (χ0v) is 77.5. The fourth-order valence-electron chi connectivity index (χ4n) is 18.0. The molecule has 6 fully saturated rings. The van der Waals surface area contributed by atoms with Crippen molar-refractivity contribution in [2.24, 2.45) is 75.4 Å². The molecule has 0 bridgehead atoms. The van der Waals surface area contributed by atoms with E-state index in [0.29, 0.717) is 29.1 Å². The highest BCUT2D eigenvalue weighted by Gasteiger charge is 2.64. The second-order valence-corrected chi connectivity index (χ2v) is 29.7. The summed E-state index contributed by atoms with van der Waals surface area (Å²) in [6.07, 6.45) is 31.3. The van der Waals surface area contributed by atoms with Crippen molar-refractivity contribution in [1.82, 2.24) is 0 Å². The fraction of sp³-hybridized carbons (Fsp3) is 0.654. The van der Waals surface area contributed by atoms with Crippen molar-refractivity contribution >= 4 is 22.7 Å². The Balaban J connectivity index is -0.000000597. The Labute approximate surface area is 683 Å². The maximum atomic E-state index is 11.2. The number of aliphatic carboxylic acids is 2. The SMILES string of the molecule is CC.CC.CC.CC.CC.CC.CC.CC.CC.CC.CC(=O)O.CC1(CC2CCCCC2)CCCCC1.CC1CCC2(C)C(C1)CC(C)C1C2CC(C)C2(C)C(C(C)CCC(=O)O)CCC12.Cc1ccccc1.Cc1ccccc1.c1ccc2c(c1)CCCO2.c1ccc2c(c1)CCO2.c1ccc2ccccc2c1. The van der Waals surface area contributed by atoms with Crippen LogP contribution in [0.15, 0.2) is 158 Å². The summed E-state index contributed by atoms with van der Waals surface area (Å²) in [6, 6.07) is 53.7. The lowest BCUT2D eigenvalue weighted by Crippen LogP contribution is -2.58. The van der Waals surface area contributed by atoms with Gasteiger partial charge in [-0.15, -0.1) is 0 Å². The average molecular weight is 1520 g/mol. The Morgan fingerprint density at radius 3 is 1.28 bits per heavy atom. The average Bonchev–Trinajstić information content (AvgIpc) is 1.39. The lowest BCUT2D eigenvalue weighted by atomic mass is 9.40. The van der Waals surface area contributed by atoms with Crippen LogP contribution in [0.2, 0.25) is 0 Å². The van der Waals surface area contributed by atoms with Gasteiger partial charge in [0.2, 0.25) is 0 Å². The third-order valence-electron chi connectivity index (χ3n) is 23.0. The van der Waals surface area contributed by atoms with E-state index in [1.165, 1.54) is 149 Å². The summed E-state index contributed by atoms with van der Waals surface area (Å²) in [5, 5.41) is 19.2. The van der Waals surface area contributed by atoms with E-state index in [9.17, 15) is 9.90 Å². The second-order valence-electron chi connectivity index (χ2n) is 29.7. The summed E-state index contributed by atoms with van der Waals surface area (Å²) < 4.78 is 10.7. The molecule has 2 N–H and O–H groups in total. The fourth-order valence-corrected chi connectivity index (χ4v) is 18.0. The van der Waals surface area contributed by atoms with Crippen LogP contribution in [0.5, 0.6) is 11.5 Å². The molecule has 0 spiro atoms. The molecule has 0 radical (unpaired) electrons. The Bertz CT molecular complexity index is 2860. The van der Waals surface area contributed by atoms with Crippen molar-refractivity contribution in [3.05, 3.63) is 180 Å². The monoisotopic (exact) mass is 1520 g/mol. The van der Waals surface area contributed by atoms with Crippen LogP contribution >= 0.6 is 0 Å². The van der Waals surface area contributed by atoms with E-state index in [1.54, 1.807) is 6.42 Å². The highest BCUT2D eigenvalue weighted by molar-refractivity contribution is 5.82. The standard InChI is InChI=1S/C27H46O2.C14H26.C10H8.C9H10O.C8H8O.2C7H8.C2H4O2.10C2H6/c1-16-11-12-26(5)20(13-16)14-18(3)25-22-9-8-21(17(2)7-10-24(28)29)27(22,6)19(4)15-23(25)26;1-14(10-6-3-7-11-14)12-13-8-4-2-5-9-13;1-2-6-10-8-4-3-7-9(10)5-1;1-2-6-9-8(4-1)5-3-7-10-9;1-2-4-8-7(3-1)5-6-9-8;2*1-7-5-3-2-4-6-7;1-2(3)4;10*1-2/h16-23,25H,7-15H2,1-6H3,(H,28,29);13H,2-12H2,1H3;1-8H;1-2,4,6H,3,5,7H2;1-4H,5-6H2;2*2-6H,1H3;1H3,(H,3,4);10*1-2H3. The predicted octanol–water partition coefficient (Wildman–Crippen LogP) is 33.0. The number of hydrogen-bond acceptors (Lipinski definition) is 4. The summed E-state index contributed by atoms with van der Waals surface area (Å²) in [5.41, 5.74) is 7.07. The number of para-hydroxylation sites is 2. The molecule has 6 nitrogen and oxygen atoms in total. The summed E-state index contributed by atoms with van der Waals surface area (Å²) in [7, 11) is 0. The number of carboxylic acid groups (broad SMARTS) is 2. The molecule has 0 amide bonds. The van der Waals surface area contributed by atoms with E-state index in [2.05, 4.69) is 153 Å². The molecule has 8 aliphatic rings. The Hall–Kier alpha value is -5.88. The van der Waals surface area contributed by atoms with Gasteiger partial charge < -0.3 is 19.7 Å². The molecule has 14 rings (SSSR count). The number of fused-ring (bicyclic) bond motifs is 8. The zero-order valence-electron chi connectivity index (χ0n) is 77.5. The zero-order chi connectivity index (χ0) is 84.5. The molecule has 6 heteroatoms. The van der Waals surface area contributed by atoms with Gasteiger partial charge in [0.05, 0.1) is 13.2 Å². The van der Waals surface area contributed by atoms with Crippen molar-refractivity contribution < 1.29 is 29.3 Å². The van der Waals surface area contributed by atoms with Crippen LogP contribution in [0.25, 0.3) is 10.8 Å². The molecular formula is C104H178O6. The van der Waals surface area contributed by atoms with E-state index in [-0.39, 0.29) is 0 Å². The molecule has 6 aromatic rings. The number of carboxylic acids is 2. The molecule has 11 atom stereocenters. The van der Waals surface area contributed by atoms with Gasteiger partial charge >= 0.3 is 5.97 Å². The van der Waals surface area contributed by atoms with Crippen molar-refractivity contribution in [2.45, 2.75) is 355 Å². The molecular weight excluding hydrogens is 1350 g/mol. The molecule has 6 aliphatic carbocycles. The third-order valence-corrected chi connectivity index (χ3v) is 23.0. The van der Waals surface area contributed by atoms with Crippen molar-refractivity contribution in [3.8, 4) is 11.5 Å². The number of rotatable bonds is 6. The normalized spacial score (nSPS) is 23.0. The van der Waals surface area contributed by atoms with Gasteiger partial charge in [-0.2, -0.15) is 0 Å². The Morgan fingerprint density at radius 1 is 0.455 bits per heavy atom. The molecule has 110 heavy (non-hydrogen) atoms. The topological polar surface area (TPSA) is 93.1 Å². The minimum absolute atomic E-state index is 0.340. The predicted molar refractivity (Wildman–Crippen MR) is 491 cm³/mol. The van der Waals surface area contributed by atoms with E-state index < -0.39 is 11.9 Å². The van der Waals surface area contributed by atoms with Crippen LogP contribution in [0, 0.1) is 89.3 Å². The smallest absolute Gasteiger partial charge is 0.303 e. The van der Waals surface area contributed by atoms with Gasteiger partial charge in [0.15, 0.2) is 0 Å². The van der Waals surface area contributed by atoms with Gasteiger partial charge in [0.1, 0.15) is 11.5 Å². The first-order valence-corrected chi connectivity index (χ1v) is 45.6. The molecule has 2 heterocycles. The van der Waals surface area contributed by atoms with Crippen LogP contribution in [-0.2, 0) is 22.4 Å². The highest BCUT2D eigenvalue weighted by Crippen LogP contribution is 2.71. The van der Waals surface area contributed by atoms with E-state index in [0.717, 1.165) is 104 Å². The first-order chi connectivity index (χ1) is 53.3. The van der Waals surface area contributed by atoms with Crippen LogP contribution in [0.3, 0.4) is 0 Å². The van der Waals surface area contributed by atoms with Gasteiger partial charge in [-0.1, -0.05) is 401 Å². The maximum Gasteiger partial charge on any atom is 0.303 e. The van der Waals surface area contributed by atoms with E-state index in [1.807, 2.05) is 205 Å². The molecule has 630 valence electrons. The van der Waals surface area contributed by atoms with Crippen molar-refractivity contribution in [2.75, 3.05) is 13.2 Å². The van der Waals surface area contributed by atoms with Gasteiger partial charge in [0.25, 0.3) is 5.97 Å². The van der Waals surface area contributed by atoms with Crippen molar-refractivity contribution in [1.29, 1.82) is 0 Å². The van der Waals surface area contributed by atoms with E-state index >= 15 is 0 Å². The number of carbonyl (C=O) groups is 2. The number of benzene rings is 6. The molecule has 6 saturated carbocycles. The van der Waals surface area contributed by atoms with Gasteiger partial charge in [-0.05, 0) is 200 Å². The minimum atomic E-state index is -0.833. The quantitative estimate of drug-likeness (QED) is 0.173. The number of hydrogen-bond donors (Lipinski definition) is 2. The van der Waals surface area contributed by atoms with Crippen LogP contribution < -0.4 is 9.47 Å². The van der Waals surface area contributed by atoms with Crippen LogP contribution in [-0.4, -0.2) is 35.4 Å².